The molecular weight excluding hydrogens is 225 g/mol. The minimum absolute atomic E-state index is 0.0505. The molecule has 0 aliphatic heterocycles. The van der Waals surface area contributed by atoms with Gasteiger partial charge in [-0.05, 0) is 25.1 Å². The Morgan fingerprint density at radius 3 is 2.53 bits per heavy atom. The summed E-state index contributed by atoms with van der Waals surface area (Å²) in [7, 11) is 1.54. The minimum Gasteiger partial charge on any atom is -0.477 e. The van der Waals surface area contributed by atoms with Crippen LogP contribution in [-0.4, -0.2) is 21.4 Å². The fourth-order valence-electron chi connectivity index (χ4n) is 2.02. The second-order valence-corrected chi connectivity index (χ2v) is 3.81. The lowest BCUT2D eigenvalue weighted by molar-refractivity contribution is 0.0682. The summed E-state index contributed by atoms with van der Waals surface area (Å²) >= 11 is 0. The standard InChI is InChI=1S/C12H10FNO3/c1-6(15)10-8-5-7(13)3-4-9(8)14(2)11(10)12(16)17/h3-5H,1-2H3,(H,16,17). The molecule has 0 unspecified atom stereocenters. The number of carboxylic acids is 1. The number of nitrogens with zero attached hydrogens (tertiary/aromatic N) is 1. The Labute approximate surface area is 96.3 Å². The molecule has 1 N–H and O–H groups in total. The van der Waals surface area contributed by atoms with Gasteiger partial charge in [-0.15, -0.1) is 0 Å². The average Bonchev–Trinajstić information content (AvgIpc) is 2.51. The van der Waals surface area contributed by atoms with Gasteiger partial charge in [-0.2, -0.15) is 0 Å². The van der Waals surface area contributed by atoms with Crippen molar-refractivity contribution in [1.82, 2.24) is 4.57 Å². The Morgan fingerprint density at radius 1 is 1.35 bits per heavy atom. The van der Waals surface area contributed by atoms with Crippen LogP contribution in [0.1, 0.15) is 27.8 Å². The smallest absolute Gasteiger partial charge is 0.353 e. The van der Waals surface area contributed by atoms with E-state index in [1.54, 1.807) is 0 Å². The lowest BCUT2D eigenvalue weighted by Crippen LogP contribution is -2.09. The molecule has 2 aromatic rings. The summed E-state index contributed by atoms with van der Waals surface area (Å²) in [6, 6.07) is 3.87. The molecule has 1 aromatic carbocycles. The monoisotopic (exact) mass is 235 g/mol. The normalized spacial score (nSPS) is 10.8. The van der Waals surface area contributed by atoms with Gasteiger partial charge in [-0.1, -0.05) is 0 Å². The van der Waals surface area contributed by atoms with Crippen LogP contribution in [0, 0.1) is 5.82 Å². The number of Topliss-reactive ketones (excluding diaryl/α,β-unsaturated/α-hetero) is 1. The number of fused-ring (bicyclic) bond motifs is 1. The lowest BCUT2D eigenvalue weighted by atomic mass is 10.1. The highest BCUT2D eigenvalue weighted by atomic mass is 19.1. The van der Waals surface area contributed by atoms with Gasteiger partial charge in [0.1, 0.15) is 11.5 Å². The lowest BCUT2D eigenvalue weighted by Gasteiger charge is -1.99. The maximum atomic E-state index is 13.2. The van der Waals surface area contributed by atoms with Crippen molar-refractivity contribution in [3.63, 3.8) is 0 Å². The third-order valence-corrected chi connectivity index (χ3v) is 2.72. The predicted molar refractivity (Wildman–Crippen MR) is 59.8 cm³/mol. The molecule has 5 heteroatoms. The molecule has 0 fully saturated rings. The first kappa shape index (κ1) is 11.3. The number of aryl methyl sites for hydroxylation is 1. The number of rotatable bonds is 2. The van der Waals surface area contributed by atoms with Crippen molar-refractivity contribution >= 4 is 22.7 Å². The molecule has 0 bridgehead atoms. The topological polar surface area (TPSA) is 59.3 Å². The first-order valence-electron chi connectivity index (χ1n) is 4.95. The number of carbonyl (C=O) groups excluding carboxylic acids is 1. The van der Waals surface area contributed by atoms with E-state index in [1.807, 2.05) is 0 Å². The predicted octanol–water partition coefficient (Wildman–Crippen LogP) is 2.22. The second-order valence-electron chi connectivity index (χ2n) is 3.81. The molecule has 0 atom stereocenters. The number of hydrogen-bond acceptors (Lipinski definition) is 2. The van der Waals surface area contributed by atoms with E-state index in [-0.39, 0.29) is 11.3 Å². The third kappa shape index (κ3) is 1.60. The molecule has 1 heterocycles. The first-order valence-corrected chi connectivity index (χ1v) is 4.95. The summed E-state index contributed by atoms with van der Waals surface area (Å²) in [6.07, 6.45) is 0. The number of carboxylic acid groups (broad SMARTS) is 1. The fourth-order valence-corrected chi connectivity index (χ4v) is 2.02. The van der Waals surface area contributed by atoms with Crippen LogP contribution >= 0.6 is 0 Å². The molecule has 0 saturated carbocycles. The summed E-state index contributed by atoms with van der Waals surface area (Å²) in [5, 5.41) is 9.43. The van der Waals surface area contributed by atoms with Gasteiger partial charge in [0.25, 0.3) is 0 Å². The van der Waals surface area contributed by atoms with Crippen LogP contribution in [0.4, 0.5) is 4.39 Å². The molecule has 0 radical (unpaired) electrons. The molecule has 2 rings (SSSR count). The maximum Gasteiger partial charge on any atom is 0.353 e. The van der Waals surface area contributed by atoms with E-state index >= 15 is 0 Å². The molecule has 0 spiro atoms. The van der Waals surface area contributed by atoms with Crippen LogP contribution in [0.25, 0.3) is 10.9 Å². The van der Waals surface area contributed by atoms with Crippen molar-refractivity contribution in [1.29, 1.82) is 0 Å². The SMILES string of the molecule is CC(=O)c1c(C(=O)O)n(C)c2ccc(F)cc12. The Hall–Kier alpha value is -2.17. The maximum absolute atomic E-state index is 13.2. The Kier molecular flexibility index (Phi) is 2.46. The van der Waals surface area contributed by atoms with Crippen LogP contribution in [-0.2, 0) is 7.05 Å². The molecule has 0 saturated heterocycles. The number of carbonyl (C=O) groups is 2. The van der Waals surface area contributed by atoms with E-state index in [2.05, 4.69) is 0 Å². The van der Waals surface area contributed by atoms with Crippen LogP contribution in [0.3, 0.4) is 0 Å². The number of aromatic carboxylic acids is 1. The van der Waals surface area contributed by atoms with Gasteiger partial charge in [0, 0.05) is 18.0 Å². The summed E-state index contributed by atoms with van der Waals surface area (Å²) in [4.78, 5) is 22.6. The number of halogens is 1. The fraction of sp³-hybridized carbons (Fsp3) is 0.167. The number of ketones is 1. The quantitative estimate of drug-likeness (QED) is 0.812. The number of aromatic nitrogens is 1. The van der Waals surface area contributed by atoms with Gasteiger partial charge in [0.2, 0.25) is 0 Å². The zero-order chi connectivity index (χ0) is 12.7. The highest BCUT2D eigenvalue weighted by molar-refractivity contribution is 6.14. The van der Waals surface area contributed by atoms with E-state index in [0.717, 1.165) is 0 Å². The van der Waals surface area contributed by atoms with E-state index in [9.17, 15) is 14.0 Å². The van der Waals surface area contributed by atoms with E-state index in [4.69, 9.17) is 5.11 Å². The number of hydrogen-bond donors (Lipinski definition) is 1. The molecule has 1 aromatic heterocycles. The van der Waals surface area contributed by atoms with Gasteiger partial charge < -0.3 is 9.67 Å². The van der Waals surface area contributed by atoms with Crippen LogP contribution in [0.5, 0.6) is 0 Å². The van der Waals surface area contributed by atoms with Crippen molar-refractivity contribution in [3.8, 4) is 0 Å². The van der Waals surface area contributed by atoms with E-state index in [1.165, 1.54) is 36.7 Å². The van der Waals surface area contributed by atoms with Gasteiger partial charge >= 0.3 is 5.97 Å². The Bertz CT molecular complexity index is 643. The third-order valence-electron chi connectivity index (χ3n) is 2.72. The molecule has 17 heavy (non-hydrogen) atoms. The largest absolute Gasteiger partial charge is 0.477 e. The molecule has 0 amide bonds. The van der Waals surface area contributed by atoms with Crippen molar-refractivity contribution in [2.45, 2.75) is 6.92 Å². The Balaban J connectivity index is 2.99. The second kappa shape index (κ2) is 3.69. The average molecular weight is 235 g/mol. The molecule has 88 valence electrons. The van der Waals surface area contributed by atoms with Gasteiger partial charge in [0.05, 0.1) is 5.56 Å². The Morgan fingerprint density at radius 2 is 2.00 bits per heavy atom. The summed E-state index contributed by atoms with van der Waals surface area (Å²) in [5.41, 5.74) is 0.460. The van der Waals surface area contributed by atoms with Crippen molar-refractivity contribution in [3.05, 3.63) is 35.3 Å². The van der Waals surface area contributed by atoms with E-state index in [0.29, 0.717) is 10.9 Å². The summed E-state index contributed by atoms with van der Waals surface area (Å²) in [5.74, 6) is -2.09. The molecular formula is C12H10FNO3. The van der Waals surface area contributed by atoms with E-state index < -0.39 is 17.6 Å². The van der Waals surface area contributed by atoms with Gasteiger partial charge in [0.15, 0.2) is 5.78 Å². The summed E-state index contributed by atoms with van der Waals surface area (Å²) in [6.45, 7) is 1.27. The highest BCUT2D eigenvalue weighted by Gasteiger charge is 2.23. The van der Waals surface area contributed by atoms with Crippen molar-refractivity contribution in [2.75, 3.05) is 0 Å². The zero-order valence-corrected chi connectivity index (χ0v) is 9.32. The van der Waals surface area contributed by atoms with Crippen LogP contribution in [0.2, 0.25) is 0 Å². The highest BCUT2D eigenvalue weighted by Crippen LogP contribution is 2.26. The van der Waals surface area contributed by atoms with Gasteiger partial charge in [-0.25, -0.2) is 9.18 Å². The van der Waals surface area contributed by atoms with Crippen molar-refractivity contribution < 1.29 is 19.1 Å². The molecule has 0 aliphatic rings. The molecule has 4 nitrogen and oxygen atoms in total. The van der Waals surface area contributed by atoms with Gasteiger partial charge in [-0.3, -0.25) is 4.79 Å². The zero-order valence-electron chi connectivity index (χ0n) is 9.32. The summed E-state index contributed by atoms with van der Waals surface area (Å²) < 4.78 is 14.5. The number of benzene rings is 1. The van der Waals surface area contributed by atoms with Crippen molar-refractivity contribution in [2.24, 2.45) is 7.05 Å². The first-order chi connectivity index (χ1) is 7.93. The minimum atomic E-state index is -1.20. The van der Waals surface area contributed by atoms with Crippen LogP contribution in [0.15, 0.2) is 18.2 Å². The molecule has 0 aliphatic carbocycles. The van der Waals surface area contributed by atoms with Crippen LogP contribution < -0.4 is 0 Å².